The molecule has 8 nitrogen and oxygen atoms in total. The summed E-state index contributed by atoms with van der Waals surface area (Å²) in [5, 5.41) is 13.9. The van der Waals surface area contributed by atoms with Crippen molar-refractivity contribution in [3.8, 4) is 0 Å². The van der Waals surface area contributed by atoms with Crippen LogP contribution in [0.2, 0.25) is 0 Å². The van der Waals surface area contributed by atoms with Gasteiger partial charge < -0.3 is 19.8 Å². The summed E-state index contributed by atoms with van der Waals surface area (Å²) in [7, 11) is 1.62. The number of carbonyl (C=O) groups excluding carboxylic acids is 1. The van der Waals surface area contributed by atoms with E-state index in [2.05, 4.69) is 19.2 Å². The number of phosphoric ester groups is 1. The van der Waals surface area contributed by atoms with Crippen molar-refractivity contribution < 1.29 is 32.9 Å². The first-order valence-electron chi connectivity index (χ1n) is 19.9. The summed E-state index contributed by atoms with van der Waals surface area (Å²) >= 11 is 0. The molecule has 1 unspecified atom stereocenters. The molecule has 9 heteroatoms. The molecule has 0 saturated carbocycles. The maximum Gasteiger partial charge on any atom is 0.472 e. The van der Waals surface area contributed by atoms with Crippen molar-refractivity contribution in [3.63, 3.8) is 0 Å². The molecule has 0 fully saturated rings. The number of nitrogens with zero attached hydrogens (tertiary/aromatic N) is 1. The van der Waals surface area contributed by atoms with Gasteiger partial charge in [-0.05, 0) is 12.8 Å². The molecule has 0 spiro atoms. The third kappa shape index (κ3) is 33.8. The number of aliphatic hydroxyl groups is 1. The SMILES string of the molecule is CCCCCCCCCCCCCCCCCC[C@@H](O)[C@H](COP(=O)(O)OCC[N+](C)(C)C)NC(=O)CCCCCCCCCCC. The molecule has 0 aliphatic rings. The van der Waals surface area contributed by atoms with E-state index in [4.69, 9.17) is 9.05 Å². The molecule has 0 rings (SSSR count). The van der Waals surface area contributed by atoms with Gasteiger partial charge in [-0.3, -0.25) is 13.8 Å². The predicted molar refractivity (Wildman–Crippen MR) is 199 cm³/mol. The van der Waals surface area contributed by atoms with E-state index in [9.17, 15) is 19.4 Å². The summed E-state index contributed by atoms with van der Waals surface area (Å²) in [6.07, 6.45) is 31.2. The molecule has 0 aliphatic heterocycles. The summed E-state index contributed by atoms with van der Waals surface area (Å²) in [5.74, 6) is -0.147. The van der Waals surface area contributed by atoms with Crippen LogP contribution in [-0.2, 0) is 18.4 Å². The van der Waals surface area contributed by atoms with Gasteiger partial charge in [-0.2, -0.15) is 0 Å². The molecule has 3 N–H and O–H groups in total. The summed E-state index contributed by atoms with van der Waals surface area (Å²) in [6.45, 7) is 4.86. The van der Waals surface area contributed by atoms with Gasteiger partial charge in [0.25, 0.3) is 0 Å². The molecular formula is C38H80N2O6P+. The number of unbranched alkanes of at least 4 members (excludes halogenated alkanes) is 23. The zero-order valence-electron chi connectivity index (χ0n) is 31.8. The Morgan fingerprint density at radius 1 is 0.638 bits per heavy atom. The minimum absolute atomic E-state index is 0.0780. The molecule has 282 valence electrons. The smallest absolute Gasteiger partial charge is 0.391 e. The lowest BCUT2D eigenvalue weighted by atomic mass is 10.0. The average Bonchev–Trinajstić information content (AvgIpc) is 3.01. The van der Waals surface area contributed by atoms with E-state index in [1.165, 1.54) is 122 Å². The van der Waals surface area contributed by atoms with Crippen LogP contribution in [-0.4, -0.2) is 73.4 Å². The molecule has 3 atom stereocenters. The van der Waals surface area contributed by atoms with Crippen LogP contribution in [0, 0.1) is 0 Å². The van der Waals surface area contributed by atoms with E-state index in [0.717, 1.165) is 38.5 Å². The Kier molecular flexibility index (Phi) is 31.1. The molecule has 47 heavy (non-hydrogen) atoms. The number of hydrogen-bond donors (Lipinski definition) is 3. The minimum Gasteiger partial charge on any atom is -0.391 e. The van der Waals surface area contributed by atoms with Crippen LogP contribution >= 0.6 is 7.82 Å². The summed E-state index contributed by atoms with van der Waals surface area (Å²) < 4.78 is 23.5. The van der Waals surface area contributed by atoms with Gasteiger partial charge in [0.05, 0.1) is 39.9 Å². The van der Waals surface area contributed by atoms with Gasteiger partial charge in [-0.15, -0.1) is 0 Å². The number of hydrogen-bond acceptors (Lipinski definition) is 5. The van der Waals surface area contributed by atoms with Gasteiger partial charge in [-0.1, -0.05) is 168 Å². The molecule has 0 saturated heterocycles. The Balaban J connectivity index is 4.37. The van der Waals surface area contributed by atoms with Crippen LogP contribution < -0.4 is 5.32 Å². The Bertz CT molecular complexity index is 748. The van der Waals surface area contributed by atoms with Crippen LogP contribution in [0.3, 0.4) is 0 Å². The highest BCUT2D eigenvalue weighted by Crippen LogP contribution is 2.43. The first-order chi connectivity index (χ1) is 22.5. The molecule has 0 aliphatic carbocycles. The number of phosphoric acid groups is 1. The lowest BCUT2D eigenvalue weighted by Crippen LogP contribution is -2.46. The van der Waals surface area contributed by atoms with Gasteiger partial charge in [-0.25, -0.2) is 4.57 Å². The molecule has 0 aromatic rings. The minimum atomic E-state index is -4.30. The van der Waals surface area contributed by atoms with E-state index >= 15 is 0 Å². The Hall–Kier alpha value is -0.500. The molecular weight excluding hydrogens is 611 g/mol. The second-order valence-electron chi connectivity index (χ2n) is 15.0. The van der Waals surface area contributed by atoms with Crippen LogP contribution in [0.1, 0.15) is 187 Å². The van der Waals surface area contributed by atoms with Crippen LogP contribution in [0.5, 0.6) is 0 Å². The van der Waals surface area contributed by atoms with Crippen molar-refractivity contribution in [3.05, 3.63) is 0 Å². The summed E-state index contributed by atoms with van der Waals surface area (Å²) in [6, 6.07) is -0.750. The fraction of sp³-hybridized carbons (Fsp3) is 0.974. The highest BCUT2D eigenvalue weighted by Gasteiger charge is 2.28. The van der Waals surface area contributed by atoms with E-state index in [1.54, 1.807) is 0 Å². The first kappa shape index (κ1) is 46.5. The molecule has 0 radical (unpaired) electrons. The maximum absolute atomic E-state index is 12.8. The standard InChI is InChI=1S/C38H79N2O6P/c1-6-8-10-12-14-16-17-18-19-20-21-22-24-25-27-29-31-37(41)36(35-46-47(43,44)45-34-33-40(3,4)5)39-38(42)32-30-28-26-23-15-13-11-9-7-2/h36-37,41H,6-35H2,1-5H3,(H-,39,42,43,44)/p+1/t36-,37+/m0/s1. The normalized spacial score (nSPS) is 14.6. The highest BCUT2D eigenvalue weighted by molar-refractivity contribution is 7.47. The van der Waals surface area contributed by atoms with Crippen molar-refractivity contribution in [2.45, 2.75) is 199 Å². The van der Waals surface area contributed by atoms with Gasteiger partial charge in [0, 0.05) is 6.42 Å². The lowest BCUT2D eigenvalue weighted by Gasteiger charge is -2.26. The maximum atomic E-state index is 12.8. The largest absolute Gasteiger partial charge is 0.472 e. The number of rotatable bonds is 36. The van der Waals surface area contributed by atoms with Crippen LogP contribution in [0.15, 0.2) is 0 Å². The molecule has 0 aromatic carbocycles. The number of carbonyl (C=O) groups is 1. The average molecular weight is 692 g/mol. The van der Waals surface area contributed by atoms with Crippen molar-refractivity contribution in [2.75, 3.05) is 40.9 Å². The van der Waals surface area contributed by atoms with Crippen molar-refractivity contribution in [2.24, 2.45) is 0 Å². The summed E-state index contributed by atoms with van der Waals surface area (Å²) in [5.41, 5.74) is 0. The summed E-state index contributed by atoms with van der Waals surface area (Å²) in [4.78, 5) is 23.0. The molecule has 1 amide bonds. The fourth-order valence-corrected chi connectivity index (χ4v) is 6.60. The number of amides is 1. The van der Waals surface area contributed by atoms with Gasteiger partial charge in [0.1, 0.15) is 13.2 Å². The second kappa shape index (κ2) is 31.5. The van der Waals surface area contributed by atoms with Crippen molar-refractivity contribution >= 4 is 13.7 Å². The zero-order valence-corrected chi connectivity index (χ0v) is 32.7. The Morgan fingerprint density at radius 2 is 1.02 bits per heavy atom. The van der Waals surface area contributed by atoms with Gasteiger partial charge >= 0.3 is 7.82 Å². The first-order valence-corrected chi connectivity index (χ1v) is 21.4. The third-order valence-corrected chi connectivity index (χ3v) is 10.1. The number of aliphatic hydroxyl groups excluding tert-OH is 1. The van der Waals surface area contributed by atoms with Crippen LogP contribution in [0.4, 0.5) is 0 Å². The third-order valence-electron chi connectivity index (χ3n) is 9.11. The van der Waals surface area contributed by atoms with Gasteiger partial charge in [0.2, 0.25) is 5.91 Å². The monoisotopic (exact) mass is 692 g/mol. The van der Waals surface area contributed by atoms with Gasteiger partial charge in [0.15, 0.2) is 0 Å². The van der Waals surface area contributed by atoms with E-state index < -0.39 is 20.0 Å². The molecule has 0 heterocycles. The molecule has 0 aromatic heterocycles. The number of nitrogens with one attached hydrogen (secondary N) is 1. The predicted octanol–water partition coefficient (Wildman–Crippen LogP) is 10.2. The van der Waals surface area contributed by atoms with E-state index in [1.807, 2.05) is 21.1 Å². The fourth-order valence-electron chi connectivity index (χ4n) is 5.87. The van der Waals surface area contributed by atoms with Crippen molar-refractivity contribution in [1.29, 1.82) is 0 Å². The lowest BCUT2D eigenvalue weighted by molar-refractivity contribution is -0.870. The zero-order chi connectivity index (χ0) is 35.1. The number of quaternary nitrogens is 1. The van der Waals surface area contributed by atoms with Crippen molar-refractivity contribution in [1.82, 2.24) is 5.32 Å². The topological polar surface area (TPSA) is 105 Å². The Labute approximate surface area is 291 Å². The second-order valence-corrected chi connectivity index (χ2v) is 16.5. The van der Waals surface area contributed by atoms with E-state index in [-0.39, 0.29) is 19.1 Å². The number of likely N-dealkylation sites (N-methyl/N-ethyl adjacent to an activating group) is 1. The van der Waals surface area contributed by atoms with Crippen LogP contribution in [0.25, 0.3) is 0 Å². The Morgan fingerprint density at radius 3 is 1.43 bits per heavy atom. The van der Waals surface area contributed by atoms with E-state index in [0.29, 0.717) is 23.9 Å². The highest BCUT2D eigenvalue weighted by atomic mass is 31.2. The molecule has 0 bridgehead atoms. The quantitative estimate of drug-likeness (QED) is 0.0343.